The maximum Gasteiger partial charge on any atom is 0.0676 e. The van der Waals surface area contributed by atoms with Crippen LogP contribution >= 0.6 is 0 Å². The standard InChI is InChI=1S/C11H18O/c1-3-4-5-6-11-7-8-12-9-10(11)2/h3,11H,1-2,4-9H2/t11-/m1/s1. The molecule has 0 N–H and O–H groups in total. The molecular formula is C11H18O. The van der Waals surface area contributed by atoms with Gasteiger partial charge in [-0.05, 0) is 37.2 Å². The van der Waals surface area contributed by atoms with Crippen molar-refractivity contribution in [1.29, 1.82) is 0 Å². The van der Waals surface area contributed by atoms with Crippen molar-refractivity contribution in [1.82, 2.24) is 0 Å². The van der Waals surface area contributed by atoms with Crippen LogP contribution < -0.4 is 0 Å². The Kier molecular flexibility index (Phi) is 4.09. The molecule has 0 radical (unpaired) electrons. The monoisotopic (exact) mass is 166 g/mol. The van der Waals surface area contributed by atoms with Crippen LogP contribution in [0.5, 0.6) is 0 Å². The lowest BCUT2D eigenvalue weighted by molar-refractivity contribution is 0.105. The molecule has 1 aliphatic rings. The van der Waals surface area contributed by atoms with Crippen LogP contribution in [0.15, 0.2) is 24.8 Å². The van der Waals surface area contributed by atoms with E-state index >= 15 is 0 Å². The Morgan fingerprint density at radius 1 is 1.58 bits per heavy atom. The molecular weight excluding hydrogens is 148 g/mol. The van der Waals surface area contributed by atoms with E-state index in [1.54, 1.807) is 0 Å². The van der Waals surface area contributed by atoms with Crippen LogP contribution in [0.2, 0.25) is 0 Å². The molecule has 1 heteroatoms. The lowest BCUT2D eigenvalue weighted by Gasteiger charge is -2.24. The lowest BCUT2D eigenvalue weighted by Crippen LogP contribution is -2.18. The molecule has 0 aromatic carbocycles. The van der Waals surface area contributed by atoms with Crippen LogP contribution in [0.25, 0.3) is 0 Å². The second-order valence-electron chi connectivity index (χ2n) is 3.42. The molecule has 1 nitrogen and oxygen atoms in total. The van der Waals surface area contributed by atoms with E-state index < -0.39 is 0 Å². The van der Waals surface area contributed by atoms with E-state index in [4.69, 9.17) is 4.74 Å². The number of allylic oxidation sites excluding steroid dienone is 1. The van der Waals surface area contributed by atoms with E-state index in [0.717, 1.165) is 26.1 Å². The van der Waals surface area contributed by atoms with Gasteiger partial charge in [0, 0.05) is 6.61 Å². The molecule has 0 unspecified atom stereocenters. The molecule has 0 bridgehead atoms. The van der Waals surface area contributed by atoms with Crippen LogP contribution in [0.3, 0.4) is 0 Å². The summed E-state index contributed by atoms with van der Waals surface area (Å²) in [5.41, 5.74) is 1.28. The predicted molar refractivity (Wildman–Crippen MR) is 52.1 cm³/mol. The average Bonchev–Trinajstić information content (AvgIpc) is 2.09. The third kappa shape index (κ3) is 2.82. The van der Waals surface area contributed by atoms with Crippen LogP contribution in [0, 0.1) is 5.92 Å². The minimum absolute atomic E-state index is 0.707. The zero-order valence-electron chi connectivity index (χ0n) is 7.72. The van der Waals surface area contributed by atoms with Crippen molar-refractivity contribution in [3.63, 3.8) is 0 Å². The first-order valence-electron chi connectivity index (χ1n) is 4.71. The van der Waals surface area contributed by atoms with Crippen molar-refractivity contribution in [3.8, 4) is 0 Å². The Bertz CT molecular complexity index is 160. The summed E-state index contributed by atoms with van der Waals surface area (Å²) in [5.74, 6) is 0.707. The van der Waals surface area contributed by atoms with E-state index in [2.05, 4.69) is 13.2 Å². The highest BCUT2D eigenvalue weighted by molar-refractivity contribution is 5.03. The topological polar surface area (TPSA) is 9.23 Å². The summed E-state index contributed by atoms with van der Waals surface area (Å²) in [6.07, 6.45) is 6.78. The maximum atomic E-state index is 5.30. The summed E-state index contributed by atoms with van der Waals surface area (Å²) in [7, 11) is 0. The van der Waals surface area contributed by atoms with Crippen LogP contribution in [0.1, 0.15) is 25.7 Å². The SMILES string of the molecule is C=CCCC[C@@H]1CCOCC1=C. The highest BCUT2D eigenvalue weighted by Gasteiger charge is 2.16. The molecule has 1 aliphatic heterocycles. The molecule has 0 amide bonds. The van der Waals surface area contributed by atoms with E-state index in [9.17, 15) is 0 Å². The number of hydrogen-bond acceptors (Lipinski definition) is 1. The Labute approximate surface area is 75.1 Å². The number of hydrogen-bond donors (Lipinski definition) is 0. The van der Waals surface area contributed by atoms with Gasteiger partial charge in [-0.3, -0.25) is 0 Å². The van der Waals surface area contributed by atoms with Crippen molar-refractivity contribution >= 4 is 0 Å². The van der Waals surface area contributed by atoms with Crippen molar-refractivity contribution in [2.75, 3.05) is 13.2 Å². The quantitative estimate of drug-likeness (QED) is 0.461. The highest BCUT2D eigenvalue weighted by Crippen LogP contribution is 2.24. The zero-order valence-corrected chi connectivity index (χ0v) is 7.72. The third-order valence-corrected chi connectivity index (χ3v) is 2.44. The molecule has 0 aromatic rings. The molecule has 1 fully saturated rings. The fourth-order valence-corrected chi connectivity index (χ4v) is 1.61. The molecule has 0 aliphatic carbocycles. The van der Waals surface area contributed by atoms with E-state index in [0.29, 0.717) is 5.92 Å². The molecule has 1 rings (SSSR count). The van der Waals surface area contributed by atoms with Crippen LogP contribution in [-0.4, -0.2) is 13.2 Å². The Hall–Kier alpha value is -0.560. The largest absolute Gasteiger partial charge is 0.377 e. The molecule has 0 aromatic heterocycles. The molecule has 1 heterocycles. The van der Waals surface area contributed by atoms with Gasteiger partial charge in [0.15, 0.2) is 0 Å². The number of rotatable bonds is 4. The lowest BCUT2D eigenvalue weighted by atomic mass is 9.90. The van der Waals surface area contributed by atoms with Gasteiger partial charge in [-0.2, -0.15) is 0 Å². The fraction of sp³-hybridized carbons (Fsp3) is 0.636. The van der Waals surface area contributed by atoms with E-state index in [1.165, 1.54) is 18.4 Å². The van der Waals surface area contributed by atoms with Crippen LogP contribution in [-0.2, 0) is 4.74 Å². The minimum Gasteiger partial charge on any atom is -0.377 e. The van der Waals surface area contributed by atoms with Crippen molar-refractivity contribution < 1.29 is 4.74 Å². The van der Waals surface area contributed by atoms with Gasteiger partial charge in [0.2, 0.25) is 0 Å². The summed E-state index contributed by atoms with van der Waals surface area (Å²) < 4.78 is 5.30. The van der Waals surface area contributed by atoms with Crippen molar-refractivity contribution in [3.05, 3.63) is 24.8 Å². The molecule has 68 valence electrons. The summed E-state index contributed by atoms with van der Waals surface area (Å²) in [4.78, 5) is 0. The summed E-state index contributed by atoms with van der Waals surface area (Å²) in [5, 5.41) is 0. The van der Waals surface area contributed by atoms with Gasteiger partial charge < -0.3 is 4.74 Å². The Morgan fingerprint density at radius 3 is 3.08 bits per heavy atom. The molecule has 0 spiro atoms. The van der Waals surface area contributed by atoms with Gasteiger partial charge in [-0.15, -0.1) is 6.58 Å². The summed E-state index contributed by atoms with van der Waals surface area (Å²) in [6, 6.07) is 0. The Morgan fingerprint density at radius 2 is 2.42 bits per heavy atom. The first-order valence-corrected chi connectivity index (χ1v) is 4.71. The van der Waals surface area contributed by atoms with Crippen LogP contribution in [0.4, 0.5) is 0 Å². The predicted octanol–water partition coefficient (Wildman–Crippen LogP) is 2.94. The van der Waals surface area contributed by atoms with Gasteiger partial charge in [-0.25, -0.2) is 0 Å². The van der Waals surface area contributed by atoms with E-state index in [1.807, 2.05) is 6.08 Å². The first kappa shape index (κ1) is 9.53. The molecule has 12 heavy (non-hydrogen) atoms. The van der Waals surface area contributed by atoms with Gasteiger partial charge in [-0.1, -0.05) is 12.7 Å². The fourth-order valence-electron chi connectivity index (χ4n) is 1.61. The first-order chi connectivity index (χ1) is 5.84. The van der Waals surface area contributed by atoms with Gasteiger partial charge >= 0.3 is 0 Å². The zero-order chi connectivity index (χ0) is 8.81. The van der Waals surface area contributed by atoms with Gasteiger partial charge in [0.1, 0.15) is 0 Å². The second-order valence-corrected chi connectivity index (χ2v) is 3.42. The summed E-state index contributed by atoms with van der Waals surface area (Å²) >= 11 is 0. The maximum absolute atomic E-state index is 5.30. The van der Waals surface area contributed by atoms with Gasteiger partial charge in [0.25, 0.3) is 0 Å². The van der Waals surface area contributed by atoms with Gasteiger partial charge in [0.05, 0.1) is 6.61 Å². The number of ether oxygens (including phenoxy) is 1. The van der Waals surface area contributed by atoms with E-state index in [-0.39, 0.29) is 0 Å². The average molecular weight is 166 g/mol. The summed E-state index contributed by atoms with van der Waals surface area (Å²) in [6.45, 7) is 9.43. The Balaban J connectivity index is 2.20. The minimum atomic E-state index is 0.707. The number of unbranched alkanes of at least 4 members (excludes halogenated alkanes) is 1. The highest BCUT2D eigenvalue weighted by atomic mass is 16.5. The molecule has 1 atom stereocenters. The smallest absolute Gasteiger partial charge is 0.0676 e. The van der Waals surface area contributed by atoms with Crippen molar-refractivity contribution in [2.45, 2.75) is 25.7 Å². The van der Waals surface area contributed by atoms with Crippen molar-refractivity contribution in [2.24, 2.45) is 5.92 Å². The third-order valence-electron chi connectivity index (χ3n) is 2.44. The molecule has 0 saturated carbocycles. The second kappa shape index (κ2) is 5.15. The molecule has 1 saturated heterocycles. The normalized spacial score (nSPS) is 24.0.